The Hall–Kier alpha value is -2.48. The number of likely N-dealkylation sites (tertiary alicyclic amines) is 1. The van der Waals surface area contributed by atoms with E-state index in [1.165, 1.54) is 12.1 Å². The normalized spacial score (nSPS) is 16.6. The second-order valence-corrected chi connectivity index (χ2v) is 6.47. The number of alkyl halides is 3. The monoisotopic (exact) mass is 367 g/mol. The first-order valence-corrected chi connectivity index (χ1v) is 8.37. The maximum atomic E-state index is 12.6. The molecule has 0 unspecified atom stereocenters. The van der Waals surface area contributed by atoms with Crippen LogP contribution in [0.4, 0.5) is 18.0 Å². The second kappa shape index (κ2) is 7.41. The number of nitrogens with zero attached hydrogens (tertiary/aromatic N) is 2. The van der Waals surface area contributed by atoms with Gasteiger partial charge in [0.1, 0.15) is 0 Å². The van der Waals surface area contributed by atoms with Crippen molar-refractivity contribution in [3.63, 3.8) is 0 Å². The summed E-state index contributed by atoms with van der Waals surface area (Å²) in [6.45, 7) is 2.33. The number of carboxylic acid groups (broad SMARTS) is 1. The molecule has 0 spiro atoms. The number of carbonyl (C=O) groups is 1. The molecule has 0 saturated carbocycles. The maximum absolute atomic E-state index is 12.6. The van der Waals surface area contributed by atoms with Crippen LogP contribution in [0.3, 0.4) is 0 Å². The van der Waals surface area contributed by atoms with Gasteiger partial charge in [0.15, 0.2) is 0 Å². The molecule has 2 N–H and O–H groups in total. The molecule has 26 heavy (non-hydrogen) atoms. The molecular formula is C18H20F3N3O2. The molecule has 3 rings (SSSR count). The van der Waals surface area contributed by atoms with E-state index in [0.29, 0.717) is 5.69 Å². The number of nitrogens with one attached hydrogen (secondary N) is 1. The number of hydrogen-bond acceptors (Lipinski definition) is 2. The molecule has 0 bridgehead atoms. The first kappa shape index (κ1) is 18.3. The molecule has 1 aliphatic rings. The van der Waals surface area contributed by atoms with Crippen molar-refractivity contribution in [2.75, 3.05) is 13.1 Å². The molecule has 2 aromatic rings. The Labute approximate surface area is 149 Å². The molecule has 1 fully saturated rings. The van der Waals surface area contributed by atoms with Gasteiger partial charge in [-0.3, -0.25) is 4.90 Å². The molecule has 1 aromatic carbocycles. The van der Waals surface area contributed by atoms with Crippen LogP contribution in [-0.4, -0.2) is 39.8 Å². The lowest BCUT2D eigenvalue weighted by Crippen LogP contribution is -2.43. The van der Waals surface area contributed by atoms with E-state index in [9.17, 15) is 18.0 Å². The number of piperidine rings is 1. The highest BCUT2D eigenvalue weighted by atomic mass is 19.4. The fourth-order valence-corrected chi connectivity index (χ4v) is 3.19. The predicted octanol–water partition coefficient (Wildman–Crippen LogP) is 3.73. The van der Waals surface area contributed by atoms with Crippen LogP contribution in [0.1, 0.15) is 24.0 Å². The number of halogens is 3. The van der Waals surface area contributed by atoms with Gasteiger partial charge in [0.25, 0.3) is 0 Å². The lowest BCUT2D eigenvalue weighted by atomic mass is 10.0. The quantitative estimate of drug-likeness (QED) is 0.866. The summed E-state index contributed by atoms with van der Waals surface area (Å²) in [6, 6.07) is 7.01. The molecule has 0 radical (unpaired) electrons. The van der Waals surface area contributed by atoms with Crippen molar-refractivity contribution in [2.24, 2.45) is 0 Å². The zero-order chi connectivity index (χ0) is 18.7. The summed E-state index contributed by atoms with van der Waals surface area (Å²) in [4.78, 5) is 12.9. The van der Waals surface area contributed by atoms with Gasteiger partial charge in [0.2, 0.25) is 0 Å². The Morgan fingerprint density at radius 3 is 2.38 bits per heavy atom. The summed E-state index contributed by atoms with van der Waals surface area (Å²) >= 11 is 0. The summed E-state index contributed by atoms with van der Waals surface area (Å²) in [5.41, 5.74) is 1.08. The molecule has 140 valence electrons. The fourth-order valence-electron chi connectivity index (χ4n) is 3.19. The molecule has 1 amide bonds. The SMILES string of the molecule is O=C(O)NC1CCN(Cc2ccn(-c3ccc(C(F)(F)F)cc3)c2)CC1. The average Bonchev–Trinajstić information content (AvgIpc) is 3.04. The van der Waals surface area contributed by atoms with Gasteiger partial charge >= 0.3 is 12.3 Å². The predicted molar refractivity (Wildman–Crippen MR) is 90.2 cm³/mol. The van der Waals surface area contributed by atoms with E-state index in [0.717, 1.165) is 50.2 Å². The largest absolute Gasteiger partial charge is 0.465 e. The Morgan fingerprint density at radius 2 is 1.81 bits per heavy atom. The molecule has 5 nitrogen and oxygen atoms in total. The molecule has 8 heteroatoms. The average molecular weight is 367 g/mol. The van der Waals surface area contributed by atoms with Crippen LogP contribution < -0.4 is 5.32 Å². The van der Waals surface area contributed by atoms with Crippen LogP contribution in [0.5, 0.6) is 0 Å². The topological polar surface area (TPSA) is 57.5 Å². The van der Waals surface area contributed by atoms with Crippen molar-refractivity contribution in [3.8, 4) is 5.69 Å². The van der Waals surface area contributed by atoms with E-state index >= 15 is 0 Å². The van der Waals surface area contributed by atoms with Crippen molar-refractivity contribution in [2.45, 2.75) is 31.6 Å². The summed E-state index contributed by atoms with van der Waals surface area (Å²) in [7, 11) is 0. The lowest BCUT2D eigenvalue weighted by molar-refractivity contribution is -0.137. The van der Waals surface area contributed by atoms with Crippen LogP contribution in [-0.2, 0) is 12.7 Å². The van der Waals surface area contributed by atoms with Gasteiger partial charge in [-0.05, 0) is 48.7 Å². The molecule has 2 heterocycles. The third-order valence-electron chi connectivity index (χ3n) is 4.57. The van der Waals surface area contributed by atoms with Gasteiger partial charge in [0, 0.05) is 43.8 Å². The second-order valence-electron chi connectivity index (χ2n) is 6.47. The highest BCUT2D eigenvalue weighted by Crippen LogP contribution is 2.29. The van der Waals surface area contributed by atoms with Gasteiger partial charge in [-0.15, -0.1) is 0 Å². The van der Waals surface area contributed by atoms with Crippen molar-refractivity contribution in [1.29, 1.82) is 0 Å². The number of amides is 1. The lowest BCUT2D eigenvalue weighted by Gasteiger charge is -2.31. The van der Waals surface area contributed by atoms with E-state index in [1.54, 1.807) is 4.57 Å². The highest BCUT2D eigenvalue weighted by molar-refractivity contribution is 5.64. The Balaban J connectivity index is 1.58. The first-order valence-electron chi connectivity index (χ1n) is 8.37. The summed E-state index contributed by atoms with van der Waals surface area (Å²) in [6.07, 6.45) is -0.0437. The van der Waals surface area contributed by atoms with Gasteiger partial charge < -0.3 is 15.0 Å². The zero-order valence-electron chi connectivity index (χ0n) is 14.0. The third-order valence-corrected chi connectivity index (χ3v) is 4.57. The Bertz CT molecular complexity index is 748. The van der Waals surface area contributed by atoms with Gasteiger partial charge in [-0.25, -0.2) is 4.79 Å². The van der Waals surface area contributed by atoms with Crippen LogP contribution in [0, 0.1) is 0 Å². The molecule has 0 aliphatic carbocycles. The van der Waals surface area contributed by atoms with Crippen molar-refractivity contribution in [3.05, 3.63) is 53.9 Å². The van der Waals surface area contributed by atoms with Crippen LogP contribution in [0.25, 0.3) is 5.69 Å². The zero-order valence-corrected chi connectivity index (χ0v) is 14.0. The van der Waals surface area contributed by atoms with Gasteiger partial charge in [0.05, 0.1) is 5.56 Å². The minimum Gasteiger partial charge on any atom is -0.465 e. The van der Waals surface area contributed by atoms with E-state index in [4.69, 9.17) is 5.11 Å². The summed E-state index contributed by atoms with van der Waals surface area (Å²) in [5, 5.41) is 11.3. The van der Waals surface area contributed by atoms with Crippen LogP contribution >= 0.6 is 0 Å². The smallest absolute Gasteiger partial charge is 0.416 e. The number of rotatable bonds is 4. The van der Waals surface area contributed by atoms with E-state index in [2.05, 4.69) is 10.2 Å². The summed E-state index contributed by atoms with van der Waals surface area (Å²) < 4.78 is 39.7. The molecule has 1 saturated heterocycles. The third kappa shape index (κ3) is 4.57. The van der Waals surface area contributed by atoms with E-state index < -0.39 is 17.8 Å². The molecule has 1 aliphatic heterocycles. The molecular weight excluding hydrogens is 347 g/mol. The number of aromatic nitrogens is 1. The molecule has 0 atom stereocenters. The summed E-state index contributed by atoms with van der Waals surface area (Å²) in [5.74, 6) is 0. The molecule has 1 aromatic heterocycles. The highest BCUT2D eigenvalue weighted by Gasteiger charge is 2.30. The van der Waals surface area contributed by atoms with Crippen LogP contribution in [0.2, 0.25) is 0 Å². The van der Waals surface area contributed by atoms with Crippen molar-refractivity contribution in [1.82, 2.24) is 14.8 Å². The van der Waals surface area contributed by atoms with Crippen molar-refractivity contribution >= 4 is 6.09 Å². The Kier molecular flexibility index (Phi) is 5.22. The number of hydrogen-bond donors (Lipinski definition) is 2. The first-order chi connectivity index (χ1) is 12.3. The van der Waals surface area contributed by atoms with Crippen LogP contribution in [0.15, 0.2) is 42.7 Å². The van der Waals surface area contributed by atoms with E-state index in [1.807, 2.05) is 18.5 Å². The minimum atomic E-state index is -4.33. The van der Waals surface area contributed by atoms with Gasteiger partial charge in [-0.2, -0.15) is 13.2 Å². The van der Waals surface area contributed by atoms with Crippen molar-refractivity contribution < 1.29 is 23.1 Å². The van der Waals surface area contributed by atoms with Gasteiger partial charge in [-0.1, -0.05) is 0 Å². The maximum Gasteiger partial charge on any atom is 0.416 e. The van der Waals surface area contributed by atoms with E-state index in [-0.39, 0.29) is 6.04 Å². The Morgan fingerprint density at radius 1 is 1.15 bits per heavy atom. The fraction of sp³-hybridized carbons (Fsp3) is 0.389. The standard InChI is InChI=1S/C18H20F3N3O2/c19-18(20,21)14-1-3-16(4-2-14)24-10-5-13(12-24)11-23-8-6-15(7-9-23)22-17(25)26/h1-5,10,12,15,22H,6-9,11H2,(H,25,26). The minimum absolute atomic E-state index is 0.000459. The number of benzene rings is 1.